The fraction of sp³-hybridized carbons (Fsp3) is 0.167. The Kier molecular flexibility index (Phi) is 14.0. The lowest BCUT2D eigenvalue weighted by atomic mass is 10.0. The summed E-state index contributed by atoms with van der Waals surface area (Å²) in [5.74, 6) is -0.701. The molecule has 5 nitrogen and oxygen atoms in total. The Hall–Kier alpha value is -4.42. The summed E-state index contributed by atoms with van der Waals surface area (Å²) in [6.07, 6.45) is 1.95. The van der Waals surface area contributed by atoms with Gasteiger partial charge in [-0.2, -0.15) is 0 Å². The van der Waals surface area contributed by atoms with Crippen molar-refractivity contribution in [2.75, 3.05) is 5.33 Å². The van der Waals surface area contributed by atoms with E-state index in [0.717, 1.165) is 38.9 Å². The summed E-state index contributed by atoms with van der Waals surface area (Å²) in [5.41, 5.74) is 6.55. The minimum Gasteiger partial charge on any atom is -0.489 e. The van der Waals surface area contributed by atoms with Crippen molar-refractivity contribution in [2.45, 2.75) is 33.4 Å². The third-order valence-corrected chi connectivity index (χ3v) is 6.89. The molecule has 6 heteroatoms. The van der Waals surface area contributed by atoms with Gasteiger partial charge in [0.05, 0.1) is 0 Å². The number of carbonyl (C=O) groups is 2. The van der Waals surface area contributed by atoms with Crippen molar-refractivity contribution in [3.63, 3.8) is 0 Å². The number of aliphatic carboxylic acids is 1. The number of aryl methyl sites for hydroxylation is 1. The predicted octanol–water partition coefficient (Wildman–Crippen LogP) is 8.43. The van der Waals surface area contributed by atoms with Crippen LogP contribution in [0.15, 0.2) is 128 Å². The number of hydrogen-bond donors (Lipinski definition) is 2. The van der Waals surface area contributed by atoms with E-state index in [1.165, 1.54) is 5.56 Å². The number of nitrogens with one attached hydrogen (secondary N) is 1. The highest BCUT2D eigenvalue weighted by atomic mass is 79.9. The number of ether oxygens (including phenoxy) is 1. The van der Waals surface area contributed by atoms with E-state index in [0.29, 0.717) is 12.2 Å². The van der Waals surface area contributed by atoms with Crippen molar-refractivity contribution in [1.29, 1.82) is 0 Å². The molecule has 0 saturated heterocycles. The SMILES string of the molecule is C.C=CC(=C)CBr.Cc1cccc(COc2ccc(-c3ccc(C(=O)NC(Cc4ccccc4)C(=O)O)cc3)cc2)c1. The van der Waals surface area contributed by atoms with Gasteiger partial charge in [0.1, 0.15) is 18.4 Å². The molecule has 0 bridgehead atoms. The Labute approximate surface area is 257 Å². The first-order valence-corrected chi connectivity index (χ1v) is 14.2. The molecule has 4 aromatic rings. The Balaban J connectivity index is 0.000000798. The molecular formula is C36H38BrNO4. The first-order chi connectivity index (χ1) is 19.8. The van der Waals surface area contributed by atoms with Crippen molar-refractivity contribution in [2.24, 2.45) is 0 Å². The Morgan fingerprint density at radius 3 is 2.02 bits per heavy atom. The van der Waals surface area contributed by atoms with E-state index in [1.54, 1.807) is 18.2 Å². The molecule has 0 saturated carbocycles. The topological polar surface area (TPSA) is 75.6 Å². The molecule has 0 aliphatic heterocycles. The molecule has 4 aromatic carbocycles. The number of hydrogen-bond acceptors (Lipinski definition) is 3. The Bertz CT molecular complexity index is 1450. The van der Waals surface area contributed by atoms with E-state index in [4.69, 9.17) is 4.74 Å². The van der Waals surface area contributed by atoms with Gasteiger partial charge in [0, 0.05) is 17.3 Å². The molecule has 0 radical (unpaired) electrons. The molecule has 42 heavy (non-hydrogen) atoms. The van der Waals surface area contributed by atoms with Gasteiger partial charge < -0.3 is 15.2 Å². The van der Waals surface area contributed by atoms with Gasteiger partial charge in [0.25, 0.3) is 5.91 Å². The summed E-state index contributed by atoms with van der Waals surface area (Å²) < 4.78 is 5.89. The second-order valence-corrected chi connectivity index (χ2v) is 9.99. The molecule has 1 amide bonds. The fourth-order valence-corrected chi connectivity index (χ4v) is 4.10. The van der Waals surface area contributed by atoms with Gasteiger partial charge in [-0.3, -0.25) is 4.79 Å². The van der Waals surface area contributed by atoms with Crippen molar-refractivity contribution >= 4 is 27.8 Å². The number of carbonyl (C=O) groups excluding carboxylic acids is 1. The van der Waals surface area contributed by atoms with Crippen molar-refractivity contribution in [3.05, 3.63) is 150 Å². The van der Waals surface area contributed by atoms with Crippen LogP contribution in [-0.4, -0.2) is 28.4 Å². The van der Waals surface area contributed by atoms with Crippen LogP contribution in [0.25, 0.3) is 11.1 Å². The predicted molar refractivity (Wildman–Crippen MR) is 176 cm³/mol. The molecule has 0 heterocycles. The molecule has 0 fully saturated rings. The lowest BCUT2D eigenvalue weighted by Crippen LogP contribution is -2.42. The number of carboxylic acid groups (broad SMARTS) is 1. The summed E-state index contributed by atoms with van der Waals surface area (Å²) >= 11 is 3.20. The Morgan fingerprint density at radius 2 is 1.50 bits per heavy atom. The van der Waals surface area contributed by atoms with Gasteiger partial charge >= 0.3 is 5.97 Å². The Morgan fingerprint density at radius 1 is 0.905 bits per heavy atom. The summed E-state index contributed by atoms with van der Waals surface area (Å²) in [4.78, 5) is 24.3. The first kappa shape index (κ1) is 33.8. The van der Waals surface area contributed by atoms with Crippen LogP contribution in [0.2, 0.25) is 0 Å². The van der Waals surface area contributed by atoms with Gasteiger partial charge in [-0.1, -0.05) is 127 Å². The van der Waals surface area contributed by atoms with Crippen molar-refractivity contribution < 1.29 is 19.4 Å². The number of amides is 1. The lowest BCUT2D eigenvalue weighted by molar-refractivity contribution is -0.139. The largest absolute Gasteiger partial charge is 0.489 e. The normalized spacial score (nSPS) is 10.6. The third-order valence-electron chi connectivity index (χ3n) is 6.17. The van der Waals surface area contributed by atoms with E-state index < -0.39 is 17.9 Å². The zero-order valence-corrected chi connectivity index (χ0v) is 24.6. The quantitative estimate of drug-likeness (QED) is 0.129. The van der Waals surface area contributed by atoms with Crippen LogP contribution in [0, 0.1) is 6.92 Å². The molecule has 0 aliphatic rings. The summed E-state index contributed by atoms with van der Waals surface area (Å²) in [5, 5.41) is 13.0. The number of alkyl halides is 1. The smallest absolute Gasteiger partial charge is 0.326 e. The highest BCUT2D eigenvalue weighted by molar-refractivity contribution is 9.09. The summed E-state index contributed by atoms with van der Waals surface area (Å²) in [7, 11) is 0. The highest BCUT2D eigenvalue weighted by Gasteiger charge is 2.21. The van der Waals surface area contributed by atoms with Crippen LogP contribution in [0.5, 0.6) is 5.75 Å². The van der Waals surface area contributed by atoms with Crippen molar-refractivity contribution in [1.82, 2.24) is 5.32 Å². The van der Waals surface area contributed by atoms with Crippen LogP contribution < -0.4 is 10.1 Å². The van der Waals surface area contributed by atoms with Crippen LogP contribution >= 0.6 is 15.9 Å². The van der Waals surface area contributed by atoms with Gasteiger partial charge in [0.2, 0.25) is 0 Å². The fourth-order valence-electron chi connectivity index (χ4n) is 3.87. The van der Waals surface area contributed by atoms with E-state index in [1.807, 2.05) is 78.9 Å². The minimum atomic E-state index is -1.07. The highest BCUT2D eigenvalue weighted by Crippen LogP contribution is 2.23. The zero-order chi connectivity index (χ0) is 29.6. The first-order valence-electron chi connectivity index (χ1n) is 13.1. The molecule has 0 aliphatic carbocycles. The standard InChI is InChI=1S/C30H27NO4.C5H7Br.CH4/c1-21-6-5-9-23(18-21)20-35-27-16-14-25(15-17-27)24-10-12-26(13-11-24)29(32)31-28(30(33)34)19-22-7-3-2-4-8-22;1-3-5(2)4-6;/h2-18,28H,19-20H2,1H3,(H,31,32)(H,33,34);3H,1-2,4H2;1H4. The minimum absolute atomic E-state index is 0. The lowest BCUT2D eigenvalue weighted by Gasteiger charge is -2.15. The molecule has 1 unspecified atom stereocenters. The van der Waals surface area contributed by atoms with Gasteiger partial charge in [0.15, 0.2) is 0 Å². The maximum absolute atomic E-state index is 12.7. The molecule has 4 rings (SSSR count). The van der Waals surface area contributed by atoms with E-state index >= 15 is 0 Å². The maximum atomic E-state index is 12.7. The maximum Gasteiger partial charge on any atom is 0.326 e. The van der Waals surface area contributed by atoms with Gasteiger partial charge in [-0.25, -0.2) is 4.79 Å². The average Bonchev–Trinajstić information content (AvgIpc) is 3.00. The number of benzene rings is 4. The summed E-state index contributed by atoms with van der Waals surface area (Å²) in [6, 6.07) is 31.4. The monoisotopic (exact) mass is 627 g/mol. The molecule has 0 aromatic heterocycles. The van der Waals surface area contributed by atoms with Gasteiger partial charge in [-0.05, 0) is 59.0 Å². The molecule has 2 N–H and O–H groups in total. The third kappa shape index (κ3) is 10.9. The molecule has 218 valence electrons. The van der Waals surface area contributed by atoms with E-state index in [2.05, 4.69) is 53.5 Å². The number of allylic oxidation sites excluding steroid dienone is 2. The van der Waals surface area contributed by atoms with Crippen LogP contribution in [0.3, 0.4) is 0 Å². The zero-order valence-electron chi connectivity index (χ0n) is 23.1. The van der Waals surface area contributed by atoms with E-state index in [9.17, 15) is 14.7 Å². The molecule has 1 atom stereocenters. The number of carboxylic acids is 1. The van der Waals surface area contributed by atoms with Crippen LogP contribution in [0.1, 0.15) is 34.5 Å². The average molecular weight is 629 g/mol. The summed E-state index contributed by atoms with van der Waals surface area (Å²) in [6.45, 7) is 9.69. The second-order valence-electron chi connectivity index (χ2n) is 9.43. The molecule has 0 spiro atoms. The van der Waals surface area contributed by atoms with Gasteiger partial charge in [-0.15, -0.1) is 0 Å². The van der Waals surface area contributed by atoms with E-state index in [-0.39, 0.29) is 13.8 Å². The van der Waals surface area contributed by atoms with Crippen molar-refractivity contribution in [3.8, 4) is 16.9 Å². The van der Waals surface area contributed by atoms with Crippen LogP contribution in [-0.2, 0) is 17.8 Å². The van der Waals surface area contributed by atoms with Crippen LogP contribution in [0.4, 0.5) is 0 Å². The molecular weight excluding hydrogens is 590 g/mol. The second kappa shape index (κ2) is 17.4. The number of rotatable bonds is 11. The number of halogens is 1.